The molecule has 4 nitrogen and oxygen atoms in total. The average molecular weight is 345 g/mol. The molecular formula is C19H24NO3P. The lowest BCUT2D eigenvalue weighted by Crippen LogP contribution is -2.02. The van der Waals surface area contributed by atoms with Crippen molar-refractivity contribution < 1.29 is 14.0 Å². The summed E-state index contributed by atoms with van der Waals surface area (Å²) in [4.78, 5) is 7.69. The SMILES string of the molecule is CCCCNc1c2ccccc2cc2ccccc12.CO[PH](=O)O. The first-order chi connectivity index (χ1) is 11.7. The Morgan fingerprint density at radius 3 is 2.00 bits per heavy atom. The third kappa shape index (κ3) is 4.81. The predicted molar refractivity (Wildman–Crippen MR) is 103 cm³/mol. The Labute approximate surface area is 143 Å². The zero-order chi connectivity index (χ0) is 17.4. The fraction of sp³-hybridized carbons (Fsp3) is 0.263. The van der Waals surface area contributed by atoms with Crippen molar-refractivity contribution >= 4 is 35.5 Å². The number of benzene rings is 3. The first-order valence-electron chi connectivity index (χ1n) is 8.08. The van der Waals surface area contributed by atoms with Crippen molar-refractivity contribution in [2.45, 2.75) is 19.8 Å². The number of hydrogen-bond donors (Lipinski definition) is 2. The molecule has 0 bridgehead atoms. The van der Waals surface area contributed by atoms with Gasteiger partial charge < -0.3 is 14.7 Å². The summed E-state index contributed by atoms with van der Waals surface area (Å²) in [5.74, 6) is 0. The zero-order valence-electron chi connectivity index (χ0n) is 14.1. The molecule has 0 heterocycles. The number of unbranched alkanes of at least 4 members (excludes halogenated alkanes) is 1. The Bertz CT molecular complexity index is 766. The molecule has 24 heavy (non-hydrogen) atoms. The van der Waals surface area contributed by atoms with Gasteiger partial charge in [0.1, 0.15) is 0 Å². The van der Waals surface area contributed by atoms with Gasteiger partial charge in [-0.1, -0.05) is 61.9 Å². The monoisotopic (exact) mass is 345 g/mol. The second-order valence-corrected chi connectivity index (χ2v) is 6.38. The maximum Gasteiger partial charge on any atom is 0.316 e. The minimum absolute atomic E-state index is 1.04. The molecule has 0 saturated heterocycles. The average Bonchev–Trinajstić information content (AvgIpc) is 2.61. The second kappa shape index (κ2) is 9.43. The maximum absolute atomic E-state index is 9.33. The van der Waals surface area contributed by atoms with Gasteiger partial charge in [0.25, 0.3) is 0 Å². The van der Waals surface area contributed by atoms with E-state index in [1.54, 1.807) is 0 Å². The van der Waals surface area contributed by atoms with Crippen molar-refractivity contribution in [3.05, 3.63) is 54.6 Å². The van der Waals surface area contributed by atoms with Crippen LogP contribution in [0.15, 0.2) is 54.6 Å². The summed E-state index contributed by atoms with van der Waals surface area (Å²) in [6.45, 7) is 3.26. The van der Waals surface area contributed by atoms with E-state index in [9.17, 15) is 4.57 Å². The molecule has 128 valence electrons. The number of anilines is 1. The summed E-state index contributed by atoms with van der Waals surface area (Å²) in [6.07, 6.45) is 2.42. The number of fused-ring (bicyclic) bond motifs is 2. The van der Waals surface area contributed by atoms with E-state index in [1.807, 2.05) is 0 Å². The zero-order valence-corrected chi connectivity index (χ0v) is 15.1. The van der Waals surface area contributed by atoms with E-state index in [0.717, 1.165) is 6.54 Å². The van der Waals surface area contributed by atoms with Gasteiger partial charge in [-0.25, -0.2) is 0 Å². The van der Waals surface area contributed by atoms with Crippen LogP contribution in [0.25, 0.3) is 21.5 Å². The van der Waals surface area contributed by atoms with Gasteiger partial charge in [0.2, 0.25) is 0 Å². The van der Waals surface area contributed by atoms with E-state index in [4.69, 9.17) is 4.89 Å². The molecule has 0 aromatic heterocycles. The molecule has 0 saturated carbocycles. The second-order valence-electron chi connectivity index (χ2n) is 5.44. The highest BCUT2D eigenvalue weighted by Crippen LogP contribution is 2.32. The first kappa shape index (κ1) is 18.5. The Hall–Kier alpha value is -1.87. The van der Waals surface area contributed by atoms with Gasteiger partial charge in [-0.3, -0.25) is 4.57 Å². The summed E-state index contributed by atoms with van der Waals surface area (Å²) in [7, 11) is -1.44. The van der Waals surface area contributed by atoms with Gasteiger partial charge >= 0.3 is 8.25 Å². The molecule has 5 heteroatoms. The number of hydrogen-bond acceptors (Lipinski definition) is 3. The molecule has 2 N–H and O–H groups in total. The molecule has 1 atom stereocenters. The molecule has 0 aliphatic heterocycles. The van der Waals surface area contributed by atoms with Crippen LogP contribution in [0.4, 0.5) is 5.69 Å². The third-order valence-electron chi connectivity index (χ3n) is 3.78. The van der Waals surface area contributed by atoms with Gasteiger partial charge in [0.15, 0.2) is 0 Å². The summed E-state index contributed by atoms with van der Waals surface area (Å²) in [5.41, 5.74) is 1.28. The van der Waals surface area contributed by atoms with Crippen LogP contribution in [0, 0.1) is 0 Å². The number of nitrogens with one attached hydrogen (secondary N) is 1. The number of rotatable bonds is 5. The molecule has 3 aromatic carbocycles. The lowest BCUT2D eigenvalue weighted by molar-refractivity contribution is 0.343. The van der Waals surface area contributed by atoms with Gasteiger partial charge in [0, 0.05) is 30.1 Å². The largest absolute Gasteiger partial charge is 0.384 e. The molecule has 0 aliphatic carbocycles. The Morgan fingerprint density at radius 1 is 1.04 bits per heavy atom. The summed E-state index contributed by atoms with van der Waals surface area (Å²) >= 11 is 0. The summed E-state index contributed by atoms with van der Waals surface area (Å²) in [6, 6.07) is 19.5. The van der Waals surface area contributed by atoms with E-state index >= 15 is 0 Å². The van der Waals surface area contributed by atoms with E-state index in [1.165, 1.54) is 47.2 Å². The van der Waals surface area contributed by atoms with Gasteiger partial charge in [0.05, 0.1) is 0 Å². The Morgan fingerprint density at radius 2 is 1.54 bits per heavy atom. The topological polar surface area (TPSA) is 58.6 Å². The quantitative estimate of drug-likeness (QED) is 0.378. The van der Waals surface area contributed by atoms with Crippen LogP contribution in [0.5, 0.6) is 0 Å². The molecular weight excluding hydrogens is 321 g/mol. The molecule has 0 radical (unpaired) electrons. The third-order valence-corrected chi connectivity index (χ3v) is 4.13. The standard InChI is InChI=1S/C18H19N.CH5O3P/c1-2-3-12-19-18-16-10-6-4-8-14(16)13-15-9-5-7-11-17(15)18;1-4-5(2)3/h4-11,13,19H,2-3,12H2,1H3;5H,1H3,(H,2,3). The molecule has 0 spiro atoms. The highest BCUT2D eigenvalue weighted by Gasteiger charge is 2.06. The fourth-order valence-corrected chi connectivity index (χ4v) is 2.59. The van der Waals surface area contributed by atoms with Crippen LogP contribution in [-0.4, -0.2) is 18.5 Å². The van der Waals surface area contributed by atoms with Crippen molar-refractivity contribution in [1.82, 2.24) is 0 Å². The van der Waals surface area contributed by atoms with E-state index in [0.29, 0.717) is 0 Å². The van der Waals surface area contributed by atoms with E-state index in [-0.39, 0.29) is 0 Å². The van der Waals surface area contributed by atoms with Gasteiger partial charge in [-0.15, -0.1) is 0 Å². The minimum atomic E-state index is -2.62. The van der Waals surface area contributed by atoms with E-state index in [2.05, 4.69) is 71.4 Å². The summed E-state index contributed by atoms with van der Waals surface area (Å²) in [5, 5.41) is 8.88. The predicted octanol–water partition coefficient (Wildman–Crippen LogP) is 5.22. The van der Waals surface area contributed by atoms with Crippen LogP contribution in [0.1, 0.15) is 19.8 Å². The highest BCUT2D eigenvalue weighted by molar-refractivity contribution is 7.32. The molecule has 0 amide bonds. The van der Waals surface area contributed by atoms with Crippen LogP contribution in [0.2, 0.25) is 0 Å². The molecule has 3 aromatic rings. The first-order valence-corrected chi connectivity index (χ1v) is 9.35. The maximum atomic E-state index is 9.33. The van der Waals surface area contributed by atoms with Crippen LogP contribution in [-0.2, 0) is 9.09 Å². The van der Waals surface area contributed by atoms with E-state index < -0.39 is 8.25 Å². The molecule has 3 rings (SSSR count). The normalized spacial score (nSPS) is 11.8. The minimum Gasteiger partial charge on any atom is -0.384 e. The lowest BCUT2D eigenvalue weighted by Gasteiger charge is -2.13. The van der Waals surface area contributed by atoms with Crippen molar-refractivity contribution in [2.75, 3.05) is 19.0 Å². The summed E-state index contributed by atoms with van der Waals surface area (Å²) < 4.78 is 13.2. The van der Waals surface area contributed by atoms with Gasteiger partial charge in [-0.2, -0.15) is 0 Å². The fourth-order valence-electron chi connectivity index (χ4n) is 2.59. The molecule has 0 aliphatic rings. The lowest BCUT2D eigenvalue weighted by atomic mass is 10.0. The highest BCUT2D eigenvalue weighted by atomic mass is 31.1. The van der Waals surface area contributed by atoms with Crippen molar-refractivity contribution in [3.8, 4) is 0 Å². The van der Waals surface area contributed by atoms with Crippen LogP contribution in [0.3, 0.4) is 0 Å². The van der Waals surface area contributed by atoms with Crippen molar-refractivity contribution in [3.63, 3.8) is 0 Å². The van der Waals surface area contributed by atoms with Crippen LogP contribution < -0.4 is 5.32 Å². The Kier molecular flexibility index (Phi) is 7.26. The molecule has 0 fully saturated rings. The van der Waals surface area contributed by atoms with Gasteiger partial charge in [-0.05, 0) is 23.3 Å². The van der Waals surface area contributed by atoms with Crippen molar-refractivity contribution in [1.29, 1.82) is 0 Å². The van der Waals surface area contributed by atoms with Crippen molar-refractivity contribution in [2.24, 2.45) is 0 Å². The Balaban J connectivity index is 0.000000368. The van der Waals surface area contributed by atoms with Crippen LogP contribution >= 0.6 is 8.25 Å². The smallest absolute Gasteiger partial charge is 0.316 e. The molecule has 1 unspecified atom stereocenters.